The standard InChI is InChI=1S/C38H32N4O5S/c1-25-17-18-31(23-26(25)2)40-38(45)35(27-11-5-3-6-12-27)48-32-21-19-30(20-22-32)39-37(44)33(41-36(43)28-13-7-4-8-14-28)24-29-15-9-10-16-34(29)42(46)47/h3-24,35H,1-2H3,(H,39,44)(H,40,45)(H,41,43)/b33-24-. The molecule has 0 saturated carbocycles. The number of nitrogens with one attached hydrogen (secondary N) is 3. The Labute approximate surface area is 282 Å². The van der Waals surface area contributed by atoms with Crippen molar-refractivity contribution in [3.8, 4) is 0 Å². The van der Waals surface area contributed by atoms with Crippen LogP contribution in [0.1, 0.15) is 37.9 Å². The Morgan fingerprint density at radius 1 is 0.729 bits per heavy atom. The van der Waals surface area contributed by atoms with Gasteiger partial charge in [0.15, 0.2) is 0 Å². The SMILES string of the molecule is Cc1ccc(NC(=O)C(Sc2ccc(NC(=O)/C(=C/c3ccccc3[N+](=O)[O-])NC(=O)c3ccccc3)cc2)c2ccccc2)cc1C. The van der Waals surface area contributed by atoms with Gasteiger partial charge in [-0.25, -0.2) is 0 Å². The Balaban J connectivity index is 1.36. The summed E-state index contributed by atoms with van der Waals surface area (Å²) in [5.41, 5.74) is 4.25. The number of hydrogen-bond donors (Lipinski definition) is 3. The zero-order chi connectivity index (χ0) is 34.0. The smallest absolute Gasteiger partial charge is 0.276 e. The zero-order valence-electron chi connectivity index (χ0n) is 26.2. The van der Waals surface area contributed by atoms with Crippen LogP contribution in [0, 0.1) is 24.0 Å². The van der Waals surface area contributed by atoms with Crippen molar-refractivity contribution in [1.82, 2.24) is 5.32 Å². The fourth-order valence-corrected chi connectivity index (χ4v) is 5.78. The number of benzene rings is 5. The topological polar surface area (TPSA) is 130 Å². The predicted octanol–water partition coefficient (Wildman–Crippen LogP) is 8.09. The van der Waals surface area contributed by atoms with E-state index in [9.17, 15) is 24.5 Å². The molecule has 0 aliphatic rings. The average Bonchev–Trinajstić information content (AvgIpc) is 3.10. The molecular weight excluding hydrogens is 625 g/mol. The van der Waals surface area contributed by atoms with Gasteiger partial charge in [0.25, 0.3) is 17.5 Å². The van der Waals surface area contributed by atoms with Crippen molar-refractivity contribution >= 4 is 52.6 Å². The minimum atomic E-state index is -0.673. The summed E-state index contributed by atoms with van der Waals surface area (Å²) in [7, 11) is 0. The first-order chi connectivity index (χ1) is 23.2. The summed E-state index contributed by atoms with van der Waals surface area (Å²) in [6.45, 7) is 4.01. The molecular formula is C38H32N4O5S. The Morgan fingerprint density at radius 3 is 2.02 bits per heavy atom. The minimum absolute atomic E-state index is 0.152. The van der Waals surface area contributed by atoms with Crippen molar-refractivity contribution in [3.05, 3.63) is 171 Å². The van der Waals surface area contributed by atoms with E-state index in [1.165, 1.54) is 36.0 Å². The van der Waals surface area contributed by atoms with Crippen LogP contribution in [0.4, 0.5) is 17.1 Å². The van der Waals surface area contributed by atoms with Crippen LogP contribution in [0.5, 0.6) is 0 Å². The van der Waals surface area contributed by atoms with Gasteiger partial charge in [-0.2, -0.15) is 0 Å². The maximum Gasteiger partial charge on any atom is 0.276 e. The lowest BCUT2D eigenvalue weighted by atomic mass is 10.1. The third-order valence-corrected chi connectivity index (χ3v) is 8.71. The third kappa shape index (κ3) is 8.62. The number of thioether (sulfide) groups is 1. The van der Waals surface area contributed by atoms with Crippen LogP contribution < -0.4 is 16.0 Å². The number of nitro groups is 1. The highest BCUT2D eigenvalue weighted by atomic mass is 32.2. The molecule has 240 valence electrons. The van der Waals surface area contributed by atoms with Gasteiger partial charge in [-0.3, -0.25) is 24.5 Å². The predicted molar refractivity (Wildman–Crippen MR) is 190 cm³/mol. The maximum atomic E-state index is 13.5. The highest BCUT2D eigenvalue weighted by Crippen LogP contribution is 2.37. The van der Waals surface area contributed by atoms with Crippen molar-refractivity contribution < 1.29 is 19.3 Å². The molecule has 0 radical (unpaired) electrons. The highest BCUT2D eigenvalue weighted by molar-refractivity contribution is 8.00. The second kappa shape index (κ2) is 15.5. The van der Waals surface area contributed by atoms with Crippen molar-refractivity contribution in [1.29, 1.82) is 0 Å². The molecule has 10 heteroatoms. The van der Waals surface area contributed by atoms with Crippen molar-refractivity contribution in [2.24, 2.45) is 0 Å². The van der Waals surface area contributed by atoms with E-state index in [2.05, 4.69) is 16.0 Å². The zero-order valence-corrected chi connectivity index (χ0v) is 27.0. The molecule has 9 nitrogen and oxygen atoms in total. The van der Waals surface area contributed by atoms with Crippen molar-refractivity contribution in [2.45, 2.75) is 24.0 Å². The summed E-state index contributed by atoms with van der Waals surface area (Å²) in [6.07, 6.45) is 1.27. The number of carbonyl (C=O) groups is 3. The van der Waals surface area contributed by atoms with E-state index in [-0.39, 0.29) is 22.9 Å². The van der Waals surface area contributed by atoms with Crippen LogP contribution >= 0.6 is 11.8 Å². The van der Waals surface area contributed by atoms with Gasteiger partial charge in [0.05, 0.1) is 10.5 Å². The molecule has 3 amide bonds. The largest absolute Gasteiger partial charge is 0.325 e. The second-order valence-electron chi connectivity index (χ2n) is 10.9. The fourth-order valence-electron chi connectivity index (χ4n) is 4.75. The van der Waals surface area contributed by atoms with Gasteiger partial charge in [-0.1, -0.05) is 66.7 Å². The van der Waals surface area contributed by atoms with Gasteiger partial charge in [-0.05, 0) is 91.2 Å². The Kier molecular flexibility index (Phi) is 10.8. The molecule has 1 atom stereocenters. The van der Waals surface area contributed by atoms with Gasteiger partial charge in [-0.15, -0.1) is 11.8 Å². The summed E-state index contributed by atoms with van der Waals surface area (Å²) in [4.78, 5) is 51.9. The summed E-state index contributed by atoms with van der Waals surface area (Å²) < 4.78 is 0. The lowest BCUT2D eigenvalue weighted by molar-refractivity contribution is -0.385. The molecule has 5 rings (SSSR count). The van der Waals surface area contributed by atoms with Crippen LogP contribution in [0.2, 0.25) is 0 Å². The molecule has 0 aliphatic carbocycles. The van der Waals surface area contributed by atoms with Crippen LogP contribution in [0.15, 0.2) is 138 Å². The third-order valence-electron chi connectivity index (χ3n) is 7.44. The Morgan fingerprint density at radius 2 is 1.35 bits per heavy atom. The van der Waals surface area contributed by atoms with Crippen LogP contribution in [-0.2, 0) is 9.59 Å². The highest BCUT2D eigenvalue weighted by Gasteiger charge is 2.23. The van der Waals surface area contributed by atoms with Crippen molar-refractivity contribution in [3.63, 3.8) is 0 Å². The number of amides is 3. The molecule has 48 heavy (non-hydrogen) atoms. The summed E-state index contributed by atoms with van der Waals surface area (Å²) >= 11 is 1.37. The van der Waals surface area contributed by atoms with Gasteiger partial charge >= 0.3 is 0 Å². The molecule has 0 heterocycles. The van der Waals surface area contributed by atoms with E-state index in [1.54, 1.807) is 60.7 Å². The second-order valence-corrected chi connectivity index (χ2v) is 12.0. The maximum absolute atomic E-state index is 13.5. The molecule has 1 unspecified atom stereocenters. The number of nitrogens with zero attached hydrogens (tertiary/aromatic N) is 1. The van der Waals surface area contributed by atoms with Gasteiger partial charge in [0.1, 0.15) is 10.9 Å². The number of para-hydroxylation sites is 1. The number of nitro benzene ring substituents is 1. The van der Waals surface area contributed by atoms with Gasteiger partial charge < -0.3 is 16.0 Å². The molecule has 3 N–H and O–H groups in total. The Hall–Kier alpha value is -6.00. The molecule has 5 aromatic rings. The number of carbonyl (C=O) groups excluding carboxylic acids is 3. The molecule has 0 saturated heterocycles. The summed E-state index contributed by atoms with van der Waals surface area (Å²) in [5.74, 6) is -1.40. The first-order valence-corrected chi connectivity index (χ1v) is 15.9. The number of anilines is 2. The van der Waals surface area contributed by atoms with E-state index in [1.807, 2.05) is 62.4 Å². The van der Waals surface area contributed by atoms with Gasteiger partial charge in [0, 0.05) is 27.9 Å². The van der Waals surface area contributed by atoms with E-state index in [4.69, 9.17) is 0 Å². The first kappa shape index (κ1) is 33.4. The van der Waals surface area contributed by atoms with E-state index >= 15 is 0 Å². The van der Waals surface area contributed by atoms with Crippen LogP contribution in [-0.4, -0.2) is 22.6 Å². The lowest BCUT2D eigenvalue weighted by Gasteiger charge is -2.18. The molecule has 0 aliphatic heterocycles. The summed E-state index contributed by atoms with van der Waals surface area (Å²) in [5, 5.41) is 19.5. The van der Waals surface area contributed by atoms with E-state index in [0.29, 0.717) is 16.9 Å². The molecule has 0 spiro atoms. The average molecular weight is 657 g/mol. The van der Waals surface area contributed by atoms with E-state index < -0.39 is 22.0 Å². The van der Waals surface area contributed by atoms with Crippen LogP contribution in [0.3, 0.4) is 0 Å². The Bertz CT molecular complexity index is 1980. The van der Waals surface area contributed by atoms with Gasteiger partial charge in [0.2, 0.25) is 5.91 Å². The monoisotopic (exact) mass is 656 g/mol. The quantitative estimate of drug-likeness (QED) is 0.0570. The molecule has 0 bridgehead atoms. The summed E-state index contributed by atoms with van der Waals surface area (Å²) in [6, 6.07) is 36.5. The molecule has 5 aromatic carbocycles. The number of rotatable bonds is 11. The number of aryl methyl sites for hydroxylation is 2. The molecule has 0 aromatic heterocycles. The normalized spacial score (nSPS) is 11.7. The number of hydrogen-bond acceptors (Lipinski definition) is 6. The van der Waals surface area contributed by atoms with Crippen LogP contribution in [0.25, 0.3) is 6.08 Å². The minimum Gasteiger partial charge on any atom is -0.325 e. The fraction of sp³-hybridized carbons (Fsp3) is 0.0789. The lowest BCUT2D eigenvalue weighted by Crippen LogP contribution is -2.30. The molecule has 0 fully saturated rings. The van der Waals surface area contributed by atoms with E-state index in [0.717, 1.165) is 21.6 Å². The first-order valence-electron chi connectivity index (χ1n) is 15.0. The van der Waals surface area contributed by atoms with Crippen molar-refractivity contribution in [2.75, 3.05) is 10.6 Å².